The summed E-state index contributed by atoms with van der Waals surface area (Å²) in [5.41, 5.74) is 3.00. The number of allylic oxidation sites excluding steroid dienone is 1. The highest BCUT2D eigenvalue weighted by molar-refractivity contribution is 5.08. The van der Waals surface area contributed by atoms with Crippen LogP contribution in [0, 0.1) is 0 Å². The summed E-state index contributed by atoms with van der Waals surface area (Å²) in [6.07, 6.45) is 9.72. The molecule has 0 fully saturated rings. The van der Waals surface area contributed by atoms with Gasteiger partial charge in [0.05, 0.1) is 0 Å². The summed E-state index contributed by atoms with van der Waals surface area (Å²) >= 11 is 0. The highest BCUT2D eigenvalue weighted by Crippen LogP contribution is 2.19. The molecule has 0 unspecified atom stereocenters. The van der Waals surface area contributed by atoms with Crippen molar-refractivity contribution in [1.29, 1.82) is 0 Å². The van der Waals surface area contributed by atoms with Crippen LogP contribution in [0.25, 0.3) is 0 Å². The van der Waals surface area contributed by atoms with E-state index in [1.165, 1.54) is 31.4 Å². The maximum Gasteiger partial charge on any atom is 0.0359 e. The fourth-order valence-electron chi connectivity index (χ4n) is 2.11. The van der Waals surface area contributed by atoms with E-state index >= 15 is 0 Å². The number of aromatic nitrogens is 1. The van der Waals surface area contributed by atoms with E-state index in [0.29, 0.717) is 0 Å². The number of aryl methyl sites for hydroxylation is 1. The van der Waals surface area contributed by atoms with Gasteiger partial charge in [-0.2, -0.15) is 0 Å². The van der Waals surface area contributed by atoms with E-state index in [-0.39, 0.29) is 0 Å². The smallest absolute Gasteiger partial charge is 0.0359 e. The molecule has 82 valence electrons. The molecule has 0 bridgehead atoms. The average molecular weight is 204 g/mol. The van der Waals surface area contributed by atoms with Gasteiger partial charge in [-0.1, -0.05) is 11.6 Å². The molecule has 1 aliphatic rings. The van der Waals surface area contributed by atoms with Crippen LogP contribution >= 0.6 is 0 Å². The Labute approximate surface area is 92.0 Å². The van der Waals surface area contributed by atoms with Crippen LogP contribution in [-0.4, -0.2) is 11.1 Å². The molecule has 0 saturated heterocycles. The molecule has 0 aliphatic heterocycles. The molecule has 2 nitrogen and oxygen atoms in total. The van der Waals surface area contributed by atoms with Crippen molar-refractivity contribution in [3.8, 4) is 0 Å². The van der Waals surface area contributed by atoms with E-state index in [4.69, 9.17) is 0 Å². The van der Waals surface area contributed by atoms with Crippen molar-refractivity contribution in [3.63, 3.8) is 0 Å². The lowest BCUT2D eigenvalue weighted by Gasteiger charge is -2.06. The fraction of sp³-hybridized carbons (Fsp3) is 0.538. The van der Waals surface area contributed by atoms with Crippen molar-refractivity contribution in [2.24, 2.45) is 7.05 Å². The molecule has 1 aromatic heterocycles. The zero-order chi connectivity index (χ0) is 10.5. The van der Waals surface area contributed by atoms with Gasteiger partial charge in [0.25, 0.3) is 0 Å². The number of nitrogens with one attached hydrogen (secondary N) is 1. The van der Waals surface area contributed by atoms with Gasteiger partial charge in [-0.05, 0) is 44.4 Å². The Kier molecular flexibility index (Phi) is 3.62. The molecule has 0 aromatic carbocycles. The zero-order valence-electron chi connectivity index (χ0n) is 9.50. The van der Waals surface area contributed by atoms with E-state index in [1.807, 2.05) is 0 Å². The predicted octanol–water partition coefficient (Wildman–Crippen LogP) is 2.62. The van der Waals surface area contributed by atoms with E-state index in [0.717, 1.165) is 13.1 Å². The lowest BCUT2D eigenvalue weighted by Crippen LogP contribution is -2.16. The second kappa shape index (κ2) is 5.17. The molecule has 0 amide bonds. The molecular formula is C13H20N2. The standard InChI is InChI=1S/C13H20N2/c1-15-10-4-7-13(15)11-14-9-8-12-5-2-3-6-12/h4-5,7,10,14H,2-3,6,8-9,11H2,1H3. The minimum atomic E-state index is 0.983. The first-order valence-corrected chi connectivity index (χ1v) is 5.85. The second-order valence-corrected chi connectivity index (χ2v) is 4.29. The summed E-state index contributed by atoms with van der Waals surface area (Å²) in [4.78, 5) is 0. The molecular weight excluding hydrogens is 184 g/mol. The first kappa shape index (κ1) is 10.5. The van der Waals surface area contributed by atoms with Crippen LogP contribution in [-0.2, 0) is 13.6 Å². The van der Waals surface area contributed by atoms with Crippen LogP contribution in [0.3, 0.4) is 0 Å². The summed E-state index contributed by atoms with van der Waals surface area (Å²) in [6.45, 7) is 2.09. The zero-order valence-corrected chi connectivity index (χ0v) is 9.50. The van der Waals surface area contributed by atoms with Gasteiger partial charge in [0.1, 0.15) is 0 Å². The fourth-order valence-corrected chi connectivity index (χ4v) is 2.11. The van der Waals surface area contributed by atoms with Crippen LogP contribution in [0.4, 0.5) is 0 Å². The Balaban J connectivity index is 1.65. The van der Waals surface area contributed by atoms with Gasteiger partial charge in [0.15, 0.2) is 0 Å². The SMILES string of the molecule is Cn1cccc1CNCCC1=CCCC1. The van der Waals surface area contributed by atoms with Gasteiger partial charge in [0.2, 0.25) is 0 Å². The first-order chi connectivity index (χ1) is 7.36. The minimum Gasteiger partial charge on any atom is -0.353 e. The van der Waals surface area contributed by atoms with Gasteiger partial charge in [-0.3, -0.25) is 0 Å². The second-order valence-electron chi connectivity index (χ2n) is 4.29. The Morgan fingerprint density at radius 1 is 1.47 bits per heavy atom. The van der Waals surface area contributed by atoms with E-state index in [1.54, 1.807) is 5.57 Å². The summed E-state index contributed by atoms with van der Waals surface area (Å²) in [7, 11) is 2.09. The normalized spacial score (nSPS) is 15.7. The number of nitrogens with zero attached hydrogens (tertiary/aromatic N) is 1. The number of hydrogen-bond acceptors (Lipinski definition) is 1. The molecule has 2 heteroatoms. The molecule has 2 rings (SSSR count). The number of rotatable bonds is 5. The molecule has 0 radical (unpaired) electrons. The van der Waals surface area contributed by atoms with Crippen molar-refractivity contribution in [2.45, 2.75) is 32.2 Å². The minimum absolute atomic E-state index is 0.983. The lowest BCUT2D eigenvalue weighted by atomic mass is 10.2. The maximum atomic E-state index is 3.49. The third-order valence-corrected chi connectivity index (χ3v) is 3.12. The van der Waals surface area contributed by atoms with Crippen LogP contribution in [0.2, 0.25) is 0 Å². The molecule has 1 aliphatic carbocycles. The topological polar surface area (TPSA) is 17.0 Å². The maximum absolute atomic E-state index is 3.49. The van der Waals surface area contributed by atoms with Crippen molar-refractivity contribution < 1.29 is 0 Å². The van der Waals surface area contributed by atoms with E-state index < -0.39 is 0 Å². The van der Waals surface area contributed by atoms with Crippen molar-refractivity contribution >= 4 is 0 Å². The molecule has 1 N–H and O–H groups in total. The molecule has 1 heterocycles. The third-order valence-electron chi connectivity index (χ3n) is 3.12. The van der Waals surface area contributed by atoms with Crippen LogP contribution in [0.1, 0.15) is 31.4 Å². The van der Waals surface area contributed by atoms with Crippen LogP contribution < -0.4 is 5.32 Å². The molecule has 15 heavy (non-hydrogen) atoms. The Bertz CT molecular complexity index is 336. The monoisotopic (exact) mass is 204 g/mol. The van der Waals surface area contributed by atoms with Gasteiger partial charge in [-0.25, -0.2) is 0 Å². The summed E-state index contributed by atoms with van der Waals surface area (Å²) in [5.74, 6) is 0. The highest BCUT2D eigenvalue weighted by atomic mass is 15.0. The van der Waals surface area contributed by atoms with E-state index in [2.05, 4.69) is 41.3 Å². The van der Waals surface area contributed by atoms with Gasteiger partial charge in [0, 0.05) is 25.5 Å². The first-order valence-electron chi connectivity index (χ1n) is 5.85. The third kappa shape index (κ3) is 2.96. The molecule has 0 spiro atoms. The van der Waals surface area contributed by atoms with Crippen LogP contribution in [0.5, 0.6) is 0 Å². The molecule has 0 atom stereocenters. The average Bonchev–Trinajstić information content (AvgIpc) is 2.85. The Hall–Kier alpha value is -1.02. The Morgan fingerprint density at radius 2 is 2.40 bits per heavy atom. The quantitative estimate of drug-likeness (QED) is 0.576. The molecule has 0 saturated carbocycles. The van der Waals surface area contributed by atoms with Crippen molar-refractivity contribution in [1.82, 2.24) is 9.88 Å². The lowest BCUT2D eigenvalue weighted by molar-refractivity contribution is 0.646. The van der Waals surface area contributed by atoms with Gasteiger partial charge >= 0.3 is 0 Å². The number of hydrogen-bond donors (Lipinski definition) is 1. The highest BCUT2D eigenvalue weighted by Gasteiger charge is 2.03. The summed E-state index contributed by atoms with van der Waals surface area (Å²) in [6, 6.07) is 4.26. The van der Waals surface area contributed by atoms with Crippen LogP contribution in [0.15, 0.2) is 30.0 Å². The largest absolute Gasteiger partial charge is 0.353 e. The Morgan fingerprint density at radius 3 is 3.07 bits per heavy atom. The summed E-state index contributed by atoms with van der Waals surface area (Å²) in [5, 5.41) is 3.49. The predicted molar refractivity (Wildman–Crippen MR) is 63.7 cm³/mol. The molecule has 1 aromatic rings. The van der Waals surface area contributed by atoms with Crippen molar-refractivity contribution in [2.75, 3.05) is 6.54 Å². The van der Waals surface area contributed by atoms with Gasteiger partial charge < -0.3 is 9.88 Å². The van der Waals surface area contributed by atoms with E-state index in [9.17, 15) is 0 Å². The van der Waals surface area contributed by atoms with Crippen molar-refractivity contribution in [3.05, 3.63) is 35.7 Å². The summed E-state index contributed by atoms with van der Waals surface area (Å²) < 4.78 is 2.17. The van der Waals surface area contributed by atoms with Gasteiger partial charge in [-0.15, -0.1) is 0 Å².